The molecule has 0 saturated heterocycles. The third-order valence-electron chi connectivity index (χ3n) is 4.21. The molecule has 4 aromatic rings. The number of rotatable bonds is 4. The van der Waals surface area contributed by atoms with Crippen molar-refractivity contribution in [3.63, 3.8) is 0 Å². The van der Waals surface area contributed by atoms with Gasteiger partial charge in [0.25, 0.3) is 0 Å². The quantitative estimate of drug-likeness (QED) is 0.539. The molecule has 5 heteroatoms. The number of aromatic nitrogens is 3. The summed E-state index contributed by atoms with van der Waals surface area (Å²) in [6.45, 7) is 1.53. The number of amides is 1. The fourth-order valence-electron chi connectivity index (χ4n) is 3.12. The fourth-order valence-corrected chi connectivity index (χ4v) is 3.12. The van der Waals surface area contributed by atoms with Crippen LogP contribution in [-0.4, -0.2) is 20.9 Å². The van der Waals surface area contributed by atoms with Gasteiger partial charge in [-0.25, -0.2) is 4.98 Å². The van der Waals surface area contributed by atoms with Gasteiger partial charge in [-0.3, -0.25) is 4.79 Å². The van der Waals surface area contributed by atoms with E-state index in [9.17, 15) is 4.79 Å². The lowest BCUT2D eigenvalue weighted by molar-refractivity contribution is -0.119. The van der Waals surface area contributed by atoms with Crippen LogP contribution < -0.4 is 5.32 Å². The molecular weight excluding hydrogens is 300 g/mol. The Morgan fingerprint density at radius 2 is 1.88 bits per heavy atom. The summed E-state index contributed by atoms with van der Waals surface area (Å²) in [6.07, 6.45) is 2.67. The Morgan fingerprint density at radius 1 is 1.12 bits per heavy atom. The minimum atomic E-state index is -0.200. The number of hydrogen-bond acceptors (Lipinski definition) is 2. The lowest BCUT2D eigenvalue weighted by Gasteiger charge is -2.15. The Hall–Kier alpha value is -3.08. The molecule has 1 amide bonds. The number of benzene rings is 2. The molecule has 24 heavy (non-hydrogen) atoms. The molecule has 0 aliphatic rings. The Morgan fingerprint density at radius 3 is 2.67 bits per heavy atom. The Bertz CT molecular complexity index is 981. The minimum Gasteiger partial charge on any atom is -0.361 e. The molecular formula is C19H18N4O. The molecule has 2 aromatic heterocycles. The first-order chi connectivity index (χ1) is 11.7. The van der Waals surface area contributed by atoms with E-state index in [1.54, 1.807) is 0 Å². The van der Waals surface area contributed by atoms with Crippen LogP contribution in [0.5, 0.6) is 0 Å². The molecule has 3 N–H and O–H groups in total. The van der Waals surface area contributed by atoms with E-state index in [4.69, 9.17) is 0 Å². The molecule has 0 aliphatic carbocycles. The van der Waals surface area contributed by atoms with E-state index >= 15 is 0 Å². The van der Waals surface area contributed by atoms with Crippen LogP contribution in [0.4, 0.5) is 0 Å². The highest BCUT2D eigenvalue weighted by Crippen LogP contribution is 2.24. The van der Waals surface area contributed by atoms with Crippen molar-refractivity contribution in [2.24, 2.45) is 0 Å². The Kier molecular flexibility index (Phi) is 3.54. The SMILES string of the molecule is CC(=O)NC(Cc1c[nH]c2ccccc12)c1nc2ccccc2[nH]1. The minimum absolute atomic E-state index is 0.0692. The summed E-state index contributed by atoms with van der Waals surface area (Å²) in [5.41, 5.74) is 4.13. The zero-order valence-electron chi connectivity index (χ0n) is 13.3. The van der Waals surface area contributed by atoms with Crippen molar-refractivity contribution < 1.29 is 4.79 Å². The largest absolute Gasteiger partial charge is 0.361 e. The number of hydrogen-bond donors (Lipinski definition) is 3. The molecule has 0 aliphatic heterocycles. The van der Waals surface area contributed by atoms with E-state index in [0.717, 1.165) is 27.9 Å². The van der Waals surface area contributed by atoms with Gasteiger partial charge in [-0.05, 0) is 23.8 Å². The standard InChI is InChI=1S/C19H18N4O/c1-12(24)21-18(19-22-16-8-4-5-9-17(16)23-19)10-13-11-20-15-7-3-2-6-14(13)15/h2-9,11,18,20H,10H2,1H3,(H,21,24)(H,22,23). The van der Waals surface area contributed by atoms with Gasteiger partial charge in [0, 0.05) is 30.4 Å². The second-order valence-electron chi connectivity index (χ2n) is 5.96. The van der Waals surface area contributed by atoms with E-state index in [1.165, 1.54) is 12.3 Å². The van der Waals surface area contributed by atoms with Crippen molar-refractivity contribution in [2.75, 3.05) is 0 Å². The maximum Gasteiger partial charge on any atom is 0.217 e. The molecule has 0 radical (unpaired) electrons. The van der Waals surface area contributed by atoms with E-state index in [2.05, 4.69) is 26.3 Å². The summed E-state index contributed by atoms with van der Waals surface area (Å²) in [5, 5.41) is 4.18. The van der Waals surface area contributed by atoms with E-state index in [0.29, 0.717) is 6.42 Å². The van der Waals surface area contributed by atoms with Gasteiger partial charge in [-0.1, -0.05) is 30.3 Å². The van der Waals surface area contributed by atoms with Gasteiger partial charge in [-0.15, -0.1) is 0 Å². The maximum atomic E-state index is 11.7. The van der Waals surface area contributed by atoms with Crippen molar-refractivity contribution in [3.05, 3.63) is 66.1 Å². The third kappa shape index (κ3) is 2.65. The highest BCUT2D eigenvalue weighted by atomic mass is 16.1. The normalized spacial score (nSPS) is 12.5. The highest BCUT2D eigenvalue weighted by molar-refractivity contribution is 5.83. The van der Waals surface area contributed by atoms with Crippen molar-refractivity contribution >= 4 is 27.8 Å². The predicted molar refractivity (Wildman–Crippen MR) is 94.7 cm³/mol. The molecule has 1 atom stereocenters. The number of aromatic amines is 2. The topological polar surface area (TPSA) is 73.6 Å². The second-order valence-corrected chi connectivity index (χ2v) is 5.96. The molecule has 0 saturated carbocycles. The lowest BCUT2D eigenvalue weighted by atomic mass is 10.0. The first kappa shape index (κ1) is 14.5. The van der Waals surface area contributed by atoms with Gasteiger partial charge in [0.15, 0.2) is 0 Å². The monoisotopic (exact) mass is 318 g/mol. The molecule has 5 nitrogen and oxygen atoms in total. The highest BCUT2D eigenvalue weighted by Gasteiger charge is 2.19. The zero-order chi connectivity index (χ0) is 16.5. The summed E-state index contributed by atoms with van der Waals surface area (Å²) in [7, 11) is 0. The van der Waals surface area contributed by atoms with Crippen LogP contribution in [0.1, 0.15) is 24.4 Å². The molecule has 0 fully saturated rings. The number of para-hydroxylation sites is 3. The van der Waals surface area contributed by atoms with Crippen molar-refractivity contribution in [1.82, 2.24) is 20.3 Å². The number of carbonyl (C=O) groups is 1. The van der Waals surface area contributed by atoms with Crippen LogP contribution >= 0.6 is 0 Å². The number of carbonyl (C=O) groups excluding carboxylic acids is 1. The molecule has 4 rings (SSSR count). The number of nitrogens with zero attached hydrogens (tertiary/aromatic N) is 1. The Labute approximate surface area is 139 Å². The van der Waals surface area contributed by atoms with Gasteiger partial charge in [0.05, 0.1) is 17.1 Å². The van der Waals surface area contributed by atoms with Crippen LogP contribution in [-0.2, 0) is 11.2 Å². The van der Waals surface area contributed by atoms with Crippen LogP contribution in [0.15, 0.2) is 54.7 Å². The van der Waals surface area contributed by atoms with Gasteiger partial charge in [-0.2, -0.15) is 0 Å². The average Bonchev–Trinajstić information content (AvgIpc) is 3.18. The first-order valence-corrected chi connectivity index (χ1v) is 7.97. The van der Waals surface area contributed by atoms with Crippen LogP contribution in [0.3, 0.4) is 0 Å². The predicted octanol–water partition coefficient (Wildman–Crippen LogP) is 3.46. The summed E-state index contributed by atoms with van der Waals surface area (Å²) in [6, 6.07) is 15.8. The lowest BCUT2D eigenvalue weighted by Crippen LogP contribution is -2.28. The molecule has 2 aromatic carbocycles. The zero-order valence-corrected chi connectivity index (χ0v) is 13.3. The van der Waals surface area contributed by atoms with Crippen molar-refractivity contribution in [2.45, 2.75) is 19.4 Å². The van der Waals surface area contributed by atoms with Crippen LogP contribution in [0.25, 0.3) is 21.9 Å². The molecule has 0 bridgehead atoms. The van der Waals surface area contributed by atoms with Gasteiger partial charge in [0.1, 0.15) is 5.82 Å². The molecule has 2 heterocycles. The van der Waals surface area contributed by atoms with Crippen molar-refractivity contribution in [3.8, 4) is 0 Å². The van der Waals surface area contributed by atoms with E-state index < -0.39 is 0 Å². The van der Waals surface area contributed by atoms with Crippen LogP contribution in [0.2, 0.25) is 0 Å². The van der Waals surface area contributed by atoms with Crippen molar-refractivity contribution in [1.29, 1.82) is 0 Å². The number of nitrogens with one attached hydrogen (secondary N) is 3. The van der Waals surface area contributed by atoms with Gasteiger partial charge >= 0.3 is 0 Å². The average molecular weight is 318 g/mol. The number of fused-ring (bicyclic) bond motifs is 2. The fraction of sp³-hybridized carbons (Fsp3) is 0.158. The summed E-state index contributed by atoms with van der Waals surface area (Å²) < 4.78 is 0. The van der Waals surface area contributed by atoms with E-state index in [1.807, 2.05) is 48.7 Å². The van der Waals surface area contributed by atoms with E-state index in [-0.39, 0.29) is 11.9 Å². The molecule has 120 valence electrons. The number of imidazole rings is 1. The smallest absolute Gasteiger partial charge is 0.217 e. The van der Waals surface area contributed by atoms with Gasteiger partial charge in [0.2, 0.25) is 5.91 Å². The summed E-state index contributed by atoms with van der Waals surface area (Å²) >= 11 is 0. The molecule has 1 unspecified atom stereocenters. The maximum absolute atomic E-state index is 11.7. The first-order valence-electron chi connectivity index (χ1n) is 7.97. The summed E-state index contributed by atoms with van der Waals surface area (Å²) in [5.74, 6) is 0.706. The summed E-state index contributed by atoms with van der Waals surface area (Å²) in [4.78, 5) is 22.9. The Balaban J connectivity index is 1.72. The number of H-pyrrole nitrogens is 2. The van der Waals surface area contributed by atoms with Crippen LogP contribution in [0, 0.1) is 0 Å². The second kappa shape index (κ2) is 5.85. The van der Waals surface area contributed by atoms with Gasteiger partial charge < -0.3 is 15.3 Å². The third-order valence-corrected chi connectivity index (χ3v) is 4.21. The molecule has 0 spiro atoms.